The molecule has 0 radical (unpaired) electrons. The van der Waals surface area contributed by atoms with E-state index in [-0.39, 0.29) is 29.3 Å². The van der Waals surface area contributed by atoms with E-state index in [9.17, 15) is 24.2 Å². The first-order valence-electron chi connectivity index (χ1n) is 18.5. The summed E-state index contributed by atoms with van der Waals surface area (Å²) in [6.07, 6.45) is -3.31. The van der Waals surface area contributed by atoms with Crippen molar-refractivity contribution >= 4 is 37.0 Å². The van der Waals surface area contributed by atoms with Crippen LogP contribution in [-0.4, -0.2) is 63.5 Å². The van der Waals surface area contributed by atoms with Gasteiger partial charge in [-0.1, -0.05) is 90.9 Å². The molecule has 4 aromatic rings. The maximum atomic E-state index is 14.8. The van der Waals surface area contributed by atoms with Crippen molar-refractivity contribution in [3.63, 3.8) is 0 Å². The van der Waals surface area contributed by atoms with E-state index >= 15 is 0 Å². The largest absolute Gasteiger partial charge is 0.460 e. The molecule has 16 nitrogen and oxygen atoms in total. The summed E-state index contributed by atoms with van der Waals surface area (Å²) in [6.45, 7) is 13.3. The molecule has 1 unspecified atom stereocenters. The van der Waals surface area contributed by atoms with Crippen LogP contribution in [0.15, 0.2) is 73.1 Å². The Morgan fingerprint density at radius 3 is 2.23 bits per heavy atom. The summed E-state index contributed by atoms with van der Waals surface area (Å²) in [6, 6.07) is 19.9. The minimum atomic E-state index is -4.56. The number of rotatable bonds is 15. The average molecular weight is 805 g/mol. The van der Waals surface area contributed by atoms with E-state index in [1.807, 2.05) is 39.0 Å². The van der Waals surface area contributed by atoms with Crippen LogP contribution in [0.2, 0.25) is 0 Å². The van der Waals surface area contributed by atoms with Crippen LogP contribution < -0.4 is 15.3 Å². The van der Waals surface area contributed by atoms with Gasteiger partial charge in [-0.2, -0.15) is 15.4 Å². The molecule has 2 aromatic carbocycles. The van der Waals surface area contributed by atoms with E-state index in [2.05, 4.69) is 21.2 Å². The van der Waals surface area contributed by atoms with Gasteiger partial charge < -0.3 is 29.2 Å². The summed E-state index contributed by atoms with van der Waals surface area (Å²) in [7, 11) is -4.56. The predicted octanol–water partition coefficient (Wildman–Crippen LogP) is 5.79. The molecule has 0 amide bonds. The molecule has 1 saturated heterocycles. The van der Waals surface area contributed by atoms with Crippen molar-refractivity contribution in [1.29, 1.82) is 5.26 Å². The monoisotopic (exact) mass is 804 g/mol. The molecule has 1 aliphatic heterocycles. The molecular weight excluding hydrogens is 755 g/mol. The molecule has 0 spiro atoms. The van der Waals surface area contributed by atoms with Gasteiger partial charge in [0.05, 0.1) is 24.1 Å². The molecule has 304 valence electrons. The number of hydrogen-bond donors (Lipinski definition) is 2. The van der Waals surface area contributed by atoms with Gasteiger partial charge in [-0.05, 0) is 47.7 Å². The Bertz CT molecular complexity index is 2150. The maximum absolute atomic E-state index is 14.8. The average Bonchev–Trinajstić information content (AvgIpc) is 3.73. The highest BCUT2D eigenvalue weighted by atomic mass is 31.2. The van der Waals surface area contributed by atoms with E-state index < -0.39 is 74.1 Å². The molecule has 3 N–H and O–H groups in total. The number of carbonyl (C=O) groups excluding carboxylic acids is 3. The smallest absolute Gasteiger partial charge is 0.459 e. The molecule has 0 bridgehead atoms. The fraction of sp³-hybridized carbons (Fsp3) is 0.450. The van der Waals surface area contributed by atoms with Crippen molar-refractivity contribution in [2.24, 2.45) is 11.8 Å². The van der Waals surface area contributed by atoms with Gasteiger partial charge in [0, 0.05) is 0 Å². The summed E-state index contributed by atoms with van der Waals surface area (Å²) < 4.78 is 51.9. The van der Waals surface area contributed by atoms with Crippen LogP contribution in [0.1, 0.15) is 72.2 Å². The molecule has 5 rings (SSSR count). The van der Waals surface area contributed by atoms with Crippen LogP contribution in [0.3, 0.4) is 0 Å². The first kappa shape index (κ1) is 42.8. The highest BCUT2D eigenvalue weighted by Crippen LogP contribution is 2.49. The van der Waals surface area contributed by atoms with E-state index in [0.29, 0.717) is 5.52 Å². The minimum Gasteiger partial charge on any atom is -0.460 e. The third-order valence-electron chi connectivity index (χ3n) is 9.15. The second-order valence-corrected chi connectivity index (χ2v) is 17.0. The van der Waals surface area contributed by atoms with E-state index in [1.165, 1.54) is 23.8 Å². The number of fused-ring (bicyclic) bond motifs is 1. The van der Waals surface area contributed by atoms with Gasteiger partial charge in [0.2, 0.25) is 5.60 Å². The standard InChI is InChI=1S/C40H49N6O10P/c1-24(2)36(47)53-33-31(55-40(22-41,34(33)54-37(48)25(3)4)32-19-18-30-35(42)43-23-44-46(30)32)21-52-57(50,56-29-16-14-28(15-17-29)39(6,7)8)45-26(5)38(49)51-20-27-12-10-9-11-13-27/h9-19,23-26,31,33-34H,20-21H2,1-8H3,(H,45,50)(H2,42,43,44)/t26-,31+,33+,34+,40-,57?/m0/s1. The lowest BCUT2D eigenvalue weighted by Crippen LogP contribution is -2.47. The number of nitrogens with two attached hydrogens (primary N) is 1. The van der Waals surface area contributed by atoms with Gasteiger partial charge >= 0.3 is 25.7 Å². The molecule has 1 aliphatic rings. The van der Waals surface area contributed by atoms with Crippen molar-refractivity contribution in [3.8, 4) is 11.8 Å². The van der Waals surface area contributed by atoms with Crippen molar-refractivity contribution < 1.29 is 46.9 Å². The first-order chi connectivity index (χ1) is 26.9. The summed E-state index contributed by atoms with van der Waals surface area (Å²) in [5, 5.41) is 17.9. The molecule has 3 heterocycles. The van der Waals surface area contributed by atoms with E-state index in [0.717, 1.165) is 11.1 Å². The zero-order valence-corrected chi connectivity index (χ0v) is 34.1. The van der Waals surface area contributed by atoms with Crippen molar-refractivity contribution in [2.45, 2.75) is 97.4 Å². The molecule has 57 heavy (non-hydrogen) atoms. The SMILES string of the molecule is CC(C)C(=O)O[C@H]1[C@@H](OC(=O)C(C)C)[C@](C#N)(c2ccc3c(N)ncnn23)O[C@@H]1COP(=O)(N[C@@H](C)C(=O)OCc1ccccc1)Oc1ccc(C(C)(C)C)cc1. The Morgan fingerprint density at radius 2 is 1.61 bits per heavy atom. The number of nitrogens with one attached hydrogen (secondary N) is 1. The third kappa shape index (κ3) is 9.80. The van der Waals surface area contributed by atoms with Gasteiger partial charge in [-0.3, -0.25) is 18.9 Å². The van der Waals surface area contributed by atoms with Crippen LogP contribution in [-0.2, 0) is 60.0 Å². The van der Waals surface area contributed by atoms with Gasteiger partial charge in [0.15, 0.2) is 18.0 Å². The summed E-state index contributed by atoms with van der Waals surface area (Å²) in [5.74, 6) is -3.25. The number of nitriles is 1. The van der Waals surface area contributed by atoms with Crippen LogP contribution in [0.5, 0.6) is 5.75 Å². The molecule has 17 heteroatoms. The van der Waals surface area contributed by atoms with Gasteiger partial charge in [-0.25, -0.2) is 14.1 Å². The van der Waals surface area contributed by atoms with Crippen LogP contribution >= 0.6 is 7.75 Å². The molecule has 1 fully saturated rings. The molecule has 0 aliphatic carbocycles. The first-order valence-corrected chi connectivity index (χ1v) is 20.0. The zero-order valence-electron chi connectivity index (χ0n) is 33.2. The number of esters is 3. The second-order valence-electron chi connectivity index (χ2n) is 15.3. The number of aromatic nitrogens is 3. The number of hydrogen-bond acceptors (Lipinski definition) is 14. The van der Waals surface area contributed by atoms with E-state index in [4.69, 9.17) is 33.7 Å². The Balaban J connectivity index is 1.52. The van der Waals surface area contributed by atoms with Gasteiger partial charge in [0.1, 0.15) is 42.4 Å². The maximum Gasteiger partial charge on any atom is 0.459 e. The number of anilines is 1. The lowest BCUT2D eigenvalue weighted by Gasteiger charge is -2.29. The number of ether oxygens (including phenoxy) is 4. The van der Waals surface area contributed by atoms with Crippen LogP contribution in [0.25, 0.3) is 5.52 Å². The topological polar surface area (TPSA) is 216 Å². The lowest BCUT2D eigenvalue weighted by molar-refractivity contribution is -0.173. The molecule has 6 atom stereocenters. The highest BCUT2D eigenvalue weighted by Gasteiger charge is 2.63. The normalized spacial score (nSPS) is 21.1. The van der Waals surface area contributed by atoms with Gasteiger partial charge in [-0.15, -0.1) is 0 Å². The van der Waals surface area contributed by atoms with Crippen molar-refractivity contribution in [1.82, 2.24) is 19.7 Å². The third-order valence-corrected chi connectivity index (χ3v) is 10.8. The number of nitrogen functional groups attached to an aromatic ring is 1. The Morgan fingerprint density at radius 1 is 0.965 bits per heavy atom. The molecule has 2 aromatic heterocycles. The quantitative estimate of drug-likeness (QED) is 0.0827. The fourth-order valence-electron chi connectivity index (χ4n) is 5.89. The van der Waals surface area contributed by atoms with Crippen molar-refractivity contribution in [3.05, 3.63) is 89.9 Å². The van der Waals surface area contributed by atoms with Crippen LogP contribution in [0, 0.1) is 23.2 Å². The van der Waals surface area contributed by atoms with E-state index in [1.54, 1.807) is 70.2 Å². The van der Waals surface area contributed by atoms with Crippen LogP contribution in [0.4, 0.5) is 5.82 Å². The summed E-state index contributed by atoms with van der Waals surface area (Å²) in [4.78, 5) is 43.7. The number of benzene rings is 2. The minimum absolute atomic E-state index is 0.0392. The molecular formula is C40H49N6O10P. The summed E-state index contributed by atoms with van der Waals surface area (Å²) in [5.41, 5.74) is 5.85. The van der Waals surface area contributed by atoms with Crippen molar-refractivity contribution in [2.75, 3.05) is 12.3 Å². The van der Waals surface area contributed by atoms with Gasteiger partial charge in [0.25, 0.3) is 0 Å². The Labute approximate surface area is 331 Å². The predicted molar refractivity (Wildman–Crippen MR) is 207 cm³/mol. The fourth-order valence-corrected chi connectivity index (χ4v) is 7.40. The second kappa shape index (κ2) is 17.4. The summed E-state index contributed by atoms with van der Waals surface area (Å²) >= 11 is 0. The zero-order chi connectivity index (χ0) is 41.7. The highest BCUT2D eigenvalue weighted by molar-refractivity contribution is 7.52. The molecule has 0 saturated carbocycles. The Kier molecular flexibility index (Phi) is 13.1. The number of nitrogens with zero attached hydrogens (tertiary/aromatic N) is 4. The Hall–Kier alpha value is -5.33. The number of carbonyl (C=O) groups is 3. The lowest BCUT2D eigenvalue weighted by atomic mass is 9.87.